The maximum Gasteiger partial charge on any atom is 0.0434 e. The first-order valence-corrected chi connectivity index (χ1v) is 4.76. The molecule has 1 atom stereocenters. The van der Waals surface area contributed by atoms with Gasteiger partial charge in [0, 0.05) is 12.1 Å². The molecular weight excluding hydrogens is 160 g/mol. The fraction of sp³-hybridized carbons (Fsp3) is 0.455. The average Bonchev–Trinajstić information content (AvgIpc) is 2.15. The van der Waals surface area contributed by atoms with E-state index in [-0.39, 0.29) is 0 Å². The first-order valence-electron chi connectivity index (χ1n) is 4.76. The number of benzene rings is 1. The minimum absolute atomic E-state index is 0.351. The van der Waals surface area contributed by atoms with Crippen molar-refractivity contribution in [1.82, 2.24) is 10.9 Å². The van der Waals surface area contributed by atoms with Crippen LogP contribution in [-0.4, -0.2) is 6.04 Å². The van der Waals surface area contributed by atoms with E-state index >= 15 is 0 Å². The Morgan fingerprint density at radius 2 is 1.54 bits per heavy atom. The van der Waals surface area contributed by atoms with E-state index < -0.39 is 0 Å². The van der Waals surface area contributed by atoms with Crippen LogP contribution in [0.5, 0.6) is 0 Å². The summed E-state index contributed by atoms with van der Waals surface area (Å²) in [5.74, 6) is 0. The fourth-order valence-electron chi connectivity index (χ4n) is 1.12. The van der Waals surface area contributed by atoms with Gasteiger partial charge in [0.05, 0.1) is 0 Å². The van der Waals surface area contributed by atoms with Gasteiger partial charge in [0.1, 0.15) is 0 Å². The Morgan fingerprint density at radius 3 is 2.08 bits per heavy atom. The number of nitrogens with one attached hydrogen (secondary N) is 2. The van der Waals surface area contributed by atoms with Gasteiger partial charge in [-0.2, -0.15) is 0 Å². The van der Waals surface area contributed by atoms with E-state index in [0.717, 1.165) is 0 Å². The van der Waals surface area contributed by atoms with Crippen LogP contribution < -0.4 is 10.9 Å². The van der Waals surface area contributed by atoms with Gasteiger partial charge in [-0.1, -0.05) is 30.3 Å². The first-order chi connectivity index (χ1) is 6.20. The summed E-state index contributed by atoms with van der Waals surface area (Å²) in [4.78, 5) is 0. The second kappa shape index (κ2) is 5.00. The van der Waals surface area contributed by atoms with E-state index in [0.29, 0.717) is 12.1 Å². The van der Waals surface area contributed by atoms with E-state index in [4.69, 9.17) is 0 Å². The van der Waals surface area contributed by atoms with Crippen molar-refractivity contribution in [3.8, 4) is 0 Å². The fourth-order valence-corrected chi connectivity index (χ4v) is 1.12. The molecule has 0 amide bonds. The lowest BCUT2D eigenvalue weighted by atomic mass is 10.1. The van der Waals surface area contributed by atoms with Crippen molar-refractivity contribution in [1.29, 1.82) is 0 Å². The molecule has 0 aromatic heterocycles. The highest BCUT2D eigenvalue weighted by Gasteiger charge is 2.02. The van der Waals surface area contributed by atoms with Crippen LogP contribution in [0.15, 0.2) is 30.3 Å². The van der Waals surface area contributed by atoms with Crippen molar-refractivity contribution in [2.45, 2.75) is 32.9 Å². The molecule has 0 spiro atoms. The van der Waals surface area contributed by atoms with Gasteiger partial charge < -0.3 is 0 Å². The molecule has 1 unspecified atom stereocenters. The third kappa shape index (κ3) is 3.57. The van der Waals surface area contributed by atoms with Crippen molar-refractivity contribution in [3.05, 3.63) is 35.9 Å². The molecule has 0 heterocycles. The summed E-state index contributed by atoms with van der Waals surface area (Å²) in [6.07, 6.45) is 0. The van der Waals surface area contributed by atoms with Gasteiger partial charge >= 0.3 is 0 Å². The number of rotatable bonds is 4. The molecule has 0 aliphatic heterocycles. The molecule has 1 rings (SSSR count). The summed E-state index contributed by atoms with van der Waals surface area (Å²) in [5, 5.41) is 0. The zero-order valence-corrected chi connectivity index (χ0v) is 8.54. The second-order valence-electron chi connectivity index (χ2n) is 3.58. The van der Waals surface area contributed by atoms with Crippen LogP contribution >= 0.6 is 0 Å². The minimum Gasteiger partial charge on any atom is -0.255 e. The zero-order valence-electron chi connectivity index (χ0n) is 8.54. The van der Waals surface area contributed by atoms with Gasteiger partial charge in [-0.05, 0) is 26.3 Å². The predicted molar refractivity (Wildman–Crippen MR) is 56.3 cm³/mol. The maximum absolute atomic E-state index is 3.25. The SMILES string of the molecule is CC(C)NNC(C)c1ccccc1. The maximum atomic E-state index is 3.25. The van der Waals surface area contributed by atoms with Gasteiger partial charge in [-0.15, -0.1) is 0 Å². The summed E-state index contributed by atoms with van der Waals surface area (Å²) >= 11 is 0. The highest BCUT2D eigenvalue weighted by molar-refractivity contribution is 5.17. The van der Waals surface area contributed by atoms with Gasteiger partial charge in [0.25, 0.3) is 0 Å². The molecule has 0 fully saturated rings. The van der Waals surface area contributed by atoms with Crippen molar-refractivity contribution in [2.24, 2.45) is 0 Å². The third-order valence-corrected chi connectivity index (χ3v) is 1.89. The molecule has 0 aliphatic rings. The summed E-state index contributed by atoms with van der Waals surface area (Å²) in [7, 11) is 0. The van der Waals surface area contributed by atoms with Gasteiger partial charge in [-0.3, -0.25) is 10.9 Å². The van der Waals surface area contributed by atoms with Gasteiger partial charge in [0.2, 0.25) is 0 Å². The van der Waals surface area contributed by atoms with Gasteiger partial charge in [0.15, 0.2) is 0 Å². The molecule has 0 saturated heterocycles. The largest absolute Gasteiger partial charge is 0.255 e. The Labute approximate surface area is 80.3 Å². The number of hydrogen-bond acceptors (Lipinski definition) is 2. The summed E-state index contributed by atoms with van der Waals surface area (Å²) in [6, 6.07) is 11.2. The minimum atomic E-state index is 0.351. The molecule has 2 N–H and O–H groups in total. The van der Waals surface area contributed by atoms with E-state index in [1.807, 2.05) is 6.07 Å². The standard InChI is InChI=1S/C11H18N2/c1-9(2)12-13-10(3)11-7-5-4-6-8-11/h4-10,12-13H,1-3H3. The van der Waals surface area contributed by atoms with E-state index in [1.54, 1.807) is 0 Å². The van der Waals surface area contributed by atoms with E-state index in [2.05, 4.69) is 55.9 Å². The highest BCUT2D eigenvalue weighted by atomic mass is 15.4. The Morgan fingerprint density at radius 1 is 0.923 bits per heavy atom. The lowest BCUT2D eigenvalue weighted by molar-refractivity contribution is 0.419. The Hall–Kier alpha value is -0.860. The molecule has 0 bridgehead atoms. The molecule has 2 heteroatoms. The zero-order chi connectivity index (χ0) is 9.68. The smallest absolute Gasteiger partial charge is 0.0434 e. The van der Waals surface area contributed by atoms with Crippen molar-refractivity contribution in [3.63, 3.8) is 0 Å². The van der Waals surface area contributed by atoms with Crippen molar-refractivity contribution in [2.75, 3.05) is 0 Å². The Bertz CT molecular complexity index is 231. The van der Waals surface area contributed by atoms with Crippen LogP contribution in [0.3, 0.4) is 0 Å². The lowest BCUT2D eigenvalue weighted by Crippen LogP contribution is -2.38. The van der Waals surface area contributed by atoms with Crippen LogP contribution in [-0.2, 0) is 0 Å². The molecular formula is C11H18N2. The number of hydrazine groups is 1. The van der Waals surface area contributed by atoms with E-state index in [9.17, 15) is 0 Å². The van der Waals surface area contributed by atoms with E-state index in [1.165, 1.54) is 5.56 Å². The van der Waals surface area contributed by atoms with Crippen LogP contribution in [0, 0.1) is 0 Å². The Balaban J connectivity index is 2.44. The summed E-state index contributed by atoms with van der Waals surface area (Å²) < 4.78 is 0. The molecule has 1 aromatic rings. The quantitative estimate of drug-likeness (QED) is 0.691. The van der Waals surface area contributed by atoms with Gasteiger partial charge in [-0.25, -0.2) is 0 Å². The van der Waals surface area contributed by atoms with Crippen molar-refractivity contribution < 1.29 is 0 Å². The highest BCUT2D eigenvalue weighted by Crippen LogP contribution is 2.09. The topological polar surface area (TPSA) is 24.1 Å². The third-order valence-electron chi connectivity index (χ3n) is 1.89. The molecule has 72 valence electrons. The predicted octanol–water partition coefficient (Wildman–Crippen LogP) is 2.25. The Kier molecular flexibility index (Phi) is 3.93. The van der Waals surface area contributed by atoms with Crippen LogP contribution in [0.2, 0.25) is 0 Å². The molecule has 2 nitrogen and oxygen atoms in total. The van der Waals surface area contributed by atoms with Crippen molar-refractivity contribution >= 4 is 0 Å². The molecule has 13 heavy (non-hydrogen) atoms. The number of hydrogen-bond donors (Lipinski definition) is 2. The van der Waals surface area contributed by atoms with Crippen LogP contribution in [0.25, 0.3) is 0 Å². The lowest BCUT2D eigenvalue weighted by Gasteiger charge is -2.17. The molecule has 0 radical (unpaired) electrons. The monoisotopic (exact) mass is 178 g/mol. The molecule has 1 aromatic carbocycles. The normalized spacial score (nSPS) is 13.2. The van der Waals surface area contributed by atoms with Crippen LogP contribution in [0.1, 0.15) is 32.4 Å². The first kappa shape index (κ1) is 10.2. The average molecular weight is 178 g/mol. The van der Waals surface area contributed by atoms with Crippen LogP contribution in [0.4, 0.5) is 0 Å². The molecule has 0 saturated carbocycles. The summed E-state index contributed by atoms with van der Waals surface area (Å²) in [5.41, 5.74) is 7.74. The summed E-state index contributed by atoms with van der Waals surface area (Å²) in [6.45, 7) is 6.38. The second-order valence-corrected chi connectivity index (χ2v) is 3.58. The molecule has 0 aliphatic carbocycles.